The molecule has 26 heavy (non-hydrogen) atoms. The van der Waals surface area contributed by atoms with Crippen LogP contribution >= 0.6 is 0 Å². The highest BCUT2D eigenvalue weighted by Gasteiger charge is 2.26. The summed E-state index contributed by atoms with van der Waals surface area (Å²) in [5.41, 5.74) is 4.17. The van der Waals surface area contributed by atoms with Crippen molar-refractivity contribution in [3.8, 4) is 23.3 Å². The first-order valence-corrected chi connectivity index (χ1v) is 8.24. The highest BCUT2D eigenvalue weighted by molar-refractivity contribution is 5.92. The SMILES string of the molecule is N#Cc1cnc2c(c1)CCC2Oc1ccc2[nH]nc(-c3cnco3)c2c1. The summed E-state index contributed by atoms with van der Waals surface area (Å²) in [6.07, 6.45) is 6.20. The van der Waals surface area contributed by atoms with Gasteiger partial charge in [0.25, 0.3) is 0 Å². The molecule has 7 heteroatoms. The fraction of sp³-hybridized carbons (Fsp3) is 0.158. The predicted octanol–water partition coefficient (Wildman–Crippen LogP) is 3.55. The van der Waals surface area contributed by atoms with Crippen LogP contribution in [0.3, 0.4) is 0 Å². The third-order valence-electron chi connectivity index (χ3n) is 4.59. The molecular formula is C19H13N5O2. The Morgan fingerprint density at radius 2 is 2.23 bits per heavy atom. The van der Waals surface area contributed by atoms with Gasteiger partial charge >= 0.3 is 0 Å². The van der Waals surface area contributed by atoms with E-state index in [-0.39, 0.29) is 6.10 Å². The summed E-state index contributed by atoms with van der Waals surface area (Å²) in [5.74, 6) is 1.34. The Kier molecular flexibility index (Phi) is 3.22. The number of hydrogen-bond donors (Lipinski definition) is 1. The number of benzene rings is 1. The average Bonchev–Trinajstić information content (AvgIpc) is 3.40. The van der Waals surface area contributed by atoms with Crippen LogP contribution in [0, 0.1) is 11.3 Å². The molecule has 0 saturated heterocycles. The van der Waals surface area contributed by atoms with Crippen LogP contribution in [-0.2, 0) is 6.42 Å². The minimum atomic E-state index is -0.115. The smallest absolute Gasteiger partial charge is 0.181 e. The van der Waals surface area contributed by atoms with Gasteiger partial charge in [0, 0.05) is 11.6 Å². The quantitative estimate of drug-likeness (QED) is 0.610. The maximum atomic E-state index is 9.01. The van der Waals surface area contributed by atoms with Crippen molar-refractivity contribution >= 4 is 10.9 Å². The molecule has 5 rings (SSSR count). The molecular weight excluding hydrogens is 330 g/mol. The molecule has 1 atom stereocenters. The van der Waals surface area contributed by atoms with E-state index in [0.717, 1.165) is 40.8 Å². The van der Waals surface area contributed by atoms with E-state index in [1.165, 1.54) is 6.39 Å². The third-order valence-corrected chi connectivity index (χ3v) is 4.59. The van der Waals surface area contributed by atoms with E-state index < -0.39 is 0 Å². The van der Waals surface area contributed by atoms with E-state index >= 15 is 0 Å². The Morgan fingerprint density at radius 1 is 1.27 bits per heavy atom. The van der Waals surface area contributed by atoms with Gasteiger partial charge < -0.3 is 9.15 Å². The van der Waals surface area contributed by atoms with E-state index in [0.29, 0.717) is 17.0 Å². The van der Waals surface area contributed by atoms with Crippen molar-refractivity contribution in [3.05, 3.63) is 59.9 Å². The van der Waals surface area contributed by atoms with Crippen molar-refractivity contribution in [1.82, 2.24) is 20.2 Å². The summed E-state index contributed by atoms with van der Waals surface area (Å²) < 4.78 is 11.5. The van der Waals surface area contributed by atoms with Gasteiger partial charge in [0.05, 0.1) is 23.0 Å². The molecule has 7 nitrogen and oxygen atoms in total. The number of nitrogens with zero attached hydrogens (tertiary/aromatic N) is 4. The lowest BCUT2D eigenvalue weighted by molar-refractivity contribution is 0.203. The number of aromatic nitrogens is 4. The number of ether oxygens (including phenoxy) is 1. The number of H-pyrrole nitrogens is 1. The summed E-state index contributed by atoms with van der Waals surface area (Å²) in [6.45, 7) is 0. The highest BCUT2D eigenvalue weighted by atomic mass is 16.5. The molecule has 0 fully saturated rings. The van der Waals surface area contributed by atoms with Crippen molar-refractivity contribution in [2.24, 2.45) is 0 Å². The lowest BCUT2D eigenvalue weighted by Gasteiger charge is -2.14. The van der Waals surface area contributed by atoms with Crippen LogP contribution in [0.5, 0.6) is 5.75 Å². The van der Waals surface area contributed by atoms with Crippen LogP contribution in [0.2, 0.25) is 0 Å². The number of rotatable bonds is 3. The van der Waals surface area contributed by atoms with E-state index in [4.69, 9.17) is 14.4 Å². The highest BCUT2D eigenvalue weighted by Crippen LogP contribution is 2.36. The van der Waals surface area contributed by atoms with Gasteiger partial charge in [0.2, 0.25) is 0 Å². The number of nitrogens with one attached hydrogen (secondary N) is 1. The molecule has 126 valence electrons. The molecule has 0 amide bonds. The van der Waals surface area contributed by atoms with Crippen LogP contribution in [-0.4, -0.2) is 20.2 Å². The van der Waals surface area contributed by atoms with Crippen LogP contribution in [0.4, 0.5) is 0 Å². The minimum absolute atomic E-state index is 0.115. The summed E-state index contributed by atoms with van der Waals surface area (Å²) in [5, 5.41) is 17.2. The molecule has 0 aliphatic heterocycles. The molecule has 1 unspecified atom stereocenters. The normalized spacial score (nSPS) is 15.7. The third kappa shape index (κ3) is 2.31. The Hall–Kier alpha value is -3.66. The number of aryl methyl sites for hydroxylation is 1. The second-order valence-corrected chi connectivity index (χ2v) is 6.17. The van der Waals surface area contributed by atoms with Gasteiger partial charge in [-0.05, 0) is 42.7 Å². The van der Waals surface area contributed by atoms with Crippen molar-refractivity contribution in [3.63, 3.8) is 0 Å². The zero-order chi connectivity index (χ0) is 17.5. The predicted molar refractivity (Wildman–Crippen MR) is 92.2 cm³/mol. The first kappa shape index (κ1) is 14.7. The Morgan fingerprint density at radius 3 is 3.08 bits per heavy atom. The lowest BCUT2D eigenvalue weighted by Crippen LogP contribution is -2.05. The molecule has 0 radical (unpaired) electrons. The van der Waals surface area contributed by atoms with Crippen molar-refractivity contribution in [1.29, 1.82) is 5.26 Å². The van der Waals surface area contributed by atoms with Crippen molar-refractivity contribution in [2.45, 2.75) is 18.9 Å². The first-order valence-electron chi connectivity index (χ1n) is 8.24. The number of pyridine rings is 1. The lowest BCUT2D eigenvalue weighted by atomic mass is 10.1. The van der Waals surface area contributed by atoms with Crippen molar-refractivity contribution < 1.29 is 9.15 Å². The number of aromatic amines is 1. The molecule has 0 spiro atoms. The van der Waals surface area contributed by atoms with Gasteiger partial charge in [-0.3, -0.25) is 10.1 Å². The van der Waals surface area contributed by atoms with Gasteiger partial charge in [-0.25, -0.2) is 4.98 Å². The summed E-state index contributed by atoms with van der Waals surface area (Å²) in [7, 11) is 0. The number of hydrogen-bond acceptors (Lipinski definition) is 6. The molecule has 4 aromatic rings. The fourth-order valence-electron chi connectivity index (χ4n) is 3.36. The molecule has 1 aromatic carbocycles. The second-order valence-electron chi connectivity index (χ2n) is 6.17. The Balaban J connectivity index is 1.48. The van der Waals surface area contributed by atoms with E-state index in [9.17, 15) is 0 Å². The van der Waals surface area contributed by atoms with Gasteiger partial charge in [-0.1, -0.05) is 0 Å². The monoisotopic (exact) mass is 343 g/mol. The second kappa shape index (κ2) is 5.70. The van der Waals surface area contributed by atoms with Crippen LogP contribution < -0.4 is 4.74 Å². The molecule has 3 heterocycles. The van der Waals surface area contributed by atoms with E-state index in [1.54, 1.807) is 12.4 Å². The van der Waals surface area contributed by atoms with Crippen molar-refractivity contribution in [2.75, 3.05) is 0 Å². The summed E-state index contributed by atoms with van der Waals surface area (Å²) >= 11 is 0. The minimum Gasteiger partial charge on any atom is -0.484 e. The van der Waals surface area contributed by atoms with E-state index in [1.807, 2.05) is 24.3 Å². The van der Waals surface area contributed by atoms with Gasteiger partial charge in [0.15, 0.2) is 12.2 Å². The Bertz CT molecular complexity index is 1140. The van der Waals surface area contributed by atoms with E-state index in [2.05, 4.69) is 26.2 Å². The summed E-state index contributed by atoms with van der Waals surface area (Å²) in [4.78, 5) is 8.38. The topological polar surface area (TPSA) is 101 Å². The molecule has 0 saturated carbocycles. The fourth-order valence-corrected chi connectivity index (χ4v) is 3.36. The van der Waals surface area contributed by atoms with Gasteiger partial charge in [-0.15, -0.1) is 0 Å². The molecule has 3 aromatic heterocycles. The molecule has 1 aliphatic rings. The van der Waals surface area contributed by atoms with Crippen LogP contribution in [0.15, 0.2) is 47.5 Å². The standard InChI is InChI=1S/C19H13N5O2/c20-7-11-5-12-1-4-16(18(12)22-8-11)26-13-2-3-15-14(6-13)19(24-23-15)17-9-21-10-25-17/h2-3,5-6,8-10,16H,1,4H2,(H,23,24). The zero-order valence-corrected chi connectivity index (χ0v) is 13.6. The van der Waals surface area contributed by atoms with Crippen LogP contribution in [0.1, 0.15) is 29.3 Å². The molecule has 0 bridgehead atoms. The summed E-state index contributed by atoms with van der Waals surface area (Å²) in [6, 6.07) is 9.81. The number of fused-ring (bicyclic) bond motifs is 2. The number of nitriles is 1. The zero-order valence-electron chi connectivity index (χ0n) is 13.6. The largest absolute Gasteiger partial charge is 0.484 e. The molecule has 1 N–H and O–H groups in total. The maximum absolute atomic E-state index is 9.01. The van der Waals surface area contributed by atoms with Gasteiger partial charge in [-0.2, -0.15) is 10.4 Å². The number of oxazole rings is 1. The van der Waals surface area contributed by atoms with Crippen LogP contribution in [0.25, 0.3) is 22.4 Å². The first-order chi connectivity index (χ1) is 12.8. The maximum Gasteiger partial charge on any atom is 0.181 e. The average molecular weight is 343 g/mol. The van der Waals surface area contributed by atoms with Gasteiger partial charge in [0.1, 0.15) is 23.6 Å². The molecule has 1 aliphatic carbocycles. The Labute approximate surface area is 148 Å².